The number of piperidine rings is 1. The van der Waals surface area contributed by atoms with Crippen LogP contribution in [0.25, 0.3) is 0 Å². The number of hydrogen-bond acceptors (Lipinski definition) is 6. The molecule has 2 aliphatic heterocycles. The van der Waals surface area contributed by atoms with Crippen molar-refractivity contribution >= 4 is 17.5 Å². The molecule has 2 aliphatic rings. The number of aromatic nitrogens is 2. The topological polar surface area (TPSA) is 61.8 Å². The SMILES string of the molecule is COc1ccccc1C(=O)N1CCC2CCN(c3nccnc3N(C)C)CC21. The lowest BCUT2D eigenvalue weighted by molar-refractivity contribution is 0.0708. The van der Waals surface area contributed by atoms with Gasteiger partial charge in [0.1, 0.15) is 5.75 Å². The smallest absolute Gasteiger partial charge is 0.257 e. The second-order valence-electron chi connectivity index (χ2n) is 7.65. The number of likely N-dealkylation sites (tertiary alicyclic amines) is 1. The molecule has 2 saturated heterocycles. The van der Waals surface area contributed by atoms with E-state index in [-0.39, 0.29) is 11.9 Å². The van der Waals surface area contributed by atoms with Gasteiger partial charge in [-0.05, 0) is 30.9 Å². The van der Waals surface area contributed by atoms with Gasteiger partial charge in [0.15, 0.2) is 11.6 Å². The molecule has 2 fully saturated rings. The van der Waals surface area contributed by atoms with Crippen molar-refractivity contribution in [3.63, 3.8) is 0 Å². The van der Waals surface area contributed by atoms with E-state index in [1.165, 1.54) is 0 Å². The fourth-order valence-corrected chi connectivity index (χ4v) is 4.42. The van der Waals surface area contributed by atoms with Gasteiger partial charge >= 0.3 is 0 Å². The molecular weight excluding hydrogens is 354 g/mol. The Morgan fingerprint density at radius 1 is 1.14 bits per heavy atom. The first-order valence-electron chi connectivity index (χ1n) is 9.77. The van der Waals surface area contributed by atoms with Gasteiger partial charge in [-0.25, -0.2) is 9.97 Å². The van der Waals surface area contributed by atoms with Crippen LogP contribution in [0.1, 0.15) is 23.2 Å². The highest BCUT2D eigenvalue weighted by Gasteiger charge is 2.42. The molecule has 2 unspecified atom stereocenters. The molecule has 0 spiro atoms. The van der Waals surface area contributed by atoms with Gasteiger partial charge in [0, 0.05) is 46.1 Å². The van der Waals surface area contributed by atoms with Gasteiger partial charge in [0.2, 0.25) is 0 Å². The third-order valence-electron chi connectivity index (χ3n) is 5.84. The Balaban J connectivity index is 1.58. The number of methoxy groups -OCH3 is 1. The molecule has 1 aromatic heterocycles. The van der Waals surface area contributed by atoms with Gasteiger partial charge in [-0.15, -0.1) is 0 Å². The highest BCUT2D eigenvalue weighted by Crippen LogP contribution is 2.36. The van der Waals surface area contributed by atoms with E-state index in [0.717, 1.165) is 44.1 Å². The molecule has 3 heterocycles. The average Bonchev–Trinajstić information content (AvgIpc) is 3.16. The van der Waals surface area contributed by atoms with Gasteiger partial charge < -0.3 is 19.4 Å². The Bertz CT molecular complexity index is 856. The Hall–Kier alpha value is -2.83. The summed E-state index contributed by atoms with van der Waals surface area (Å²) in [5, 5.41) is 0. The van der Waals surface area contributed by atoms with Crippen molar-refractivity contribution < 1.29 is 9.53 Å². The quantitative estimate of drug-likeness (QED) is 0.810. The number of carbonyl (C=O) groups excluding carboxylic acids is 1. The predicted molar refractivity (Wildman–Crippen MR) is 109 cm³/mol. The van der Waals surface area contributed by atoms with E-state index in [0.29, 0.717) is 17.2 Å². The van der Waals surface area contributed by atoms with Crippen molar-refractivity contribution in [1.82, 2.24) is 14.9 Å². The predicted octanol–water partition coefficient (Wildman–Crippen LogP) is 2.29. The summed E-state index contributed by atoms with van der Waals surface area (Å²) < 4.78 is 5.41. The maximum atomic E-state index is 13.3. The molecule has 1 amide bonds. The van der Waals surface area contributed by atoms with Gasteiger partial charge in [-0.1, -0.05) is 12.1 Å². The van der Waals surface area contributed by atoms with Crippen molar-refractivity contribution in [2.24, 2.45) is 5.92 Å². The highest BCUT2D eigenvalue weighted by molar-refractivity contribution is 5.97. The van der Waals surface area contributed by atoms with Crippen molar-refractivity contribution in [2.75, 3.05) is 50.6 Å². The minimum Gasteiger partial charge on any atom is -0.496 e. The van der Waals surface area contributed by atoms with Crippen LogP contribution in [-0.2, 0) is 0 Å². The number of fused-ring (bicyclic) bond motifs is 1. The van der Waals surface area contributed by atoms with Crippen LogP contribution in [0.2, 0.25) is 0 Å². The number of benzene rings is 1. The first kappa shape index (κ1) is 18.5. The lowest BCUT2D eigenvalue weighted by atomic mass is 9.92. The molecule has 28 heavy (non-hydrogen) atoms. The molecule has 0 bridgehead atoms. The summed E-state index contributed by atoms with van der Waals surface area (Å²) in [6.07, 6.45) is 5.57. The number of para-hydroxylation sites is 1. The second kappa shape index (κ2) is 7.66. The van der Waals surface area contributed by atoms with Gasteiger partial charge in [-0.3, -0.25) is 4.79 Å². The second-order valence-corrected chi connectivity index (χ2v) is 7.65. The van der Waals surface area contributed by atoms with Crippen LogP contribution >= 0.6 is 0 Å². The lowest BCUT2D eigenvalue weighted by Crippen LogP contribution is -2.50. The summed E-state index contributed by atoms with van der Waals surface area (Å²) in [6.45, 7) is 2.52. The van der Waals surface area contributed by atoms with Gasteiger partial charge in [0.25, 0.3) is 5.91 Å². The van der Waals surface area contributed by atoms with Crippen LogP contribution in [-0.4, -0.2) is 67.7 Å². The summed E-state index contributed by atoms with van der Waals surface area (Å²) in [7, 11) is 5.57. The van der Waals surface area contributed by atoms with E-state index < -0.39 is 0 Å². The third kappa shape index (κ3) is 3.25. The molecule has 0 N–H and O–H groups in total. The number of hydrogen-bond donors (Lipinski definition) is 0. The summed E-state index contributed by atoms with van der Waals surface area (Å²) in [5.41, 5.74) is 0.635. The van der Waals surface area contributed by atoms with Crippen LogP contribution in [0.15, 0.2) is 36.7 Å². The third-order valence-corrected chi connectivity index (χ3v) is 5.84. The fourth-order valence-electron chi connectivity index (χ4n) is 4.42. The fraction of sp³-hybridized carbons (Fsp3) is 0.476. The van der Waals surface area contributed by atoms with Crippen LogP contribution in [0.4, 0.5) is 11.6 Å². The standard InChI is InChI=1S/C21H27N5O2/c1-24(2)19-20(23-11-10-22-19)25-12-8-15-9-13-26(17(15)14-25)21(27)16-6-4-5-7-18(16)28-3/h4-7,10-11,15,17H,8-9,12-14H2,1-3H3. The van der Waals surface area contributed by atoms with E-state index in [9.17, 15) is 4.79 Å². The number of rotatable bonds is 4. The zero-order valence-electron chi connectivity index (χ0n) is 16.7. The Labute approximate surface area is 165 Å². The summed E-state index contributed by atoms with van der Waals surface area (Å²) in [5.74, 6) is 2.98. The average molecular weight is 381 g/mol. The van der Waals surface area contributed by atoms with Crippen LogP contribution < -0.4 is 14.5 Å². The van der Waals surface area contributed by atoms with Crippen molar-refractivity contribution in [3.05, 3.63) is 42.2 Å². The number of nitrogens with zero attached hydrogens (tertiary/aromatic N) is 5. The van der Waals surface area contributed by atoms with E-state index in [4.69, 9.17) is 4.74 Å². The first-order chi connectivity index (χ1) is 13.6. The first-order valence-corrected chi connectivity index (χ1v) is 9.77. The van der Waals surface area contributed by atoms with E-state index >= 15 is 0 Å². The summed E-state index contributed by atoms with van der Waals surface area (Å²) in [6, 6.07) is 7.66. The minimum absolute atomic E-state index is 0.0544. The Kier molecular flexibility index (Phi) is 5.07. The molecular formula is C21H27N5O2. The molecule has 2 aromatic rings. The van der Waals surface area contributed by atoms with E-state index in [1.807, 2.05) is 48.2 Å². The minimum atomic E-state index is 0.0544. The number of carbonyl (C=O) groups is 1. The molecule has 0 saturated carbocycles. The van der Waals surface area contributed by atoms with E-state index in [2.05, 4.69) is 14.9 Å². The number of amides is 1. The molecule has 1 aromatic carbocycles. The molecule has 0 aliphatic carbocycles. The molecule has 0 radical (unpaired) electrons. The molecule has 4 rings (SSSR count). The normalized spacial score (nSPS) is 21.4. The van der Waals surface area contributed by atoms with E-state index in [1.54, 1.807) is 19.5 Å². The maximum Gasteiger partial charge on any atom is 0.257 e. The maximum absolute atomic E-state index is 13.3. The number of anilines is 2. The monoisotopic (exact) mass is 381 g/mol. The molecule has 2 atom stereocenters. The highest BCUT2D eigenvalue weighted by atomic mass is 16.5. The van der Waals surface area contributed by atoms with Gasteiger partial charge in [0.05, 0.1) is 18.7 Å². The Morgan fingerprint density at radius 3 is 2.68 bits per heavy atom. The number of ether oxygens (including phenoxy) is 1. The molecule has 148 valence electrons. The zero-order chi connectivity index (χ0) is 19.7. The molecule has 7 nitrogen and oxygen atoms in total. The van der Waals surface area contributed by atoms with Crippen molar-refractivity contribution in [2.45, 2.75) is 18.9 Å². The lowest BCUT2D eigenvalue weighted by Gasteiger charge is -2.39. The van der Waals surface area contributed by atoms with Gasteiger partial charge in [-0.2, -0.15) is 0 Å². The van der Waals surface area contributed by atoms with Crippen molar-refractivity contribution in [3.8, 4) is 5.75 Å². The largest absolute Gasteiger partial charge is 0.496 e. The summed E-state index contributed by atoms with van der Waals surface area (Å²) in [4.78, 5) is 28.7. The van der Waals surface area contributed by atoms with Crippen LogP contribution in [0.3, 0.4) is 0 Å². The summed E-state index contributed by atoms with van der Waals surface area (Å²) >= 11 is 0. The Morgan fingerprint density at radius 2 is 1.89 bits per heavy atom. The zero-order valence-corrected chi connectivity index (χ0v) is 16.7. The molecule has 7 heteroatoms. The van der Waals surface area contributed by atoms with Crippen LogP contribution in [0, 0.1) is 5.92 Å². The van der Waals surface area contributed by atoms with Crippen LogP contribution in [0.5, 0.6) is 5.75 Å². The van der Waals surface area contributed by atoms with Crippen molar-refractivity contribution in [1.29, 1.82) is 0 Å².